The number of hydrogen-bond acceptors (Lipinski definition) is 1. The third kappa shape index (κ3) is 4.19. The van der Waals surface area contributed by atoms with Crippen LogP contribution in [-0.2, 0) is 4.74 Å². The van der Waals surface area contributed by atoms with Gasteiger partial charge in [0.25, 0.3) is 0 Å². The first kappa shape index (κ1) is 9.28. The number of rotatable bonds is 6. The van der Waals surface area contributed by atoms with E-state index in [1.807, 2.05) is 6.08 Å². The minimum atomic E-state index is 0.164. The van der Waals surface area contributed by atoms with Crippen LogP contribution in [0.15, 0.2) is 25.5 Å². The highest BCUT2D eigenvalue weighted by atomic mass is 16.5. The van der Waals surface area contributed by atoms with Gasteiger partial charge in [0.2, 0.25) is 0 Å². The second-order valence-electron chi connectivity index (χ2n) is 2.22. The van der Waals surface area contributed by atoms with Gasteiger partial charge in [-0.05, 0) is 12.8 Å². The topological polar surface area (TPSA) is 9.23 Å². The lowest BCUT2D eigenvalue weighted by Crippen LogP contribution is -2.04. The highest BCUT2D eigenvalue weighted by Crippen LogP contribution is 2.05. The Morgan fingerprint density at radius 2 is 2.20 bits per heavy atom. The molecule has 0 heterocycles. The zero-order chi connectivity index (χ0) is 7.82. The molecule has 0 amide bonds. The van der Waals surface area contributed by atoms with Gasteiger partial charge >= 0.3 is 0 Å². The smallest absolute Gasteiger partial charge is 0.116 e. The first-order valence-corrected chi connectivity index (χ1v) is 3.74. The molecule has 1 atom stereocenters. The monoisotopic (exact) mass is 140 g/mol. The van der Waals surface area contributed by atoms with Crippen molar-refractivity contribution in [3.8, 4) is 0 Å². The molecule has 0 N–H and O–H groups in total. The molecule has 1 unspecified atom stereocenters. The van der Waals surface area contributed by atoms with Crippen LogP contribution < -0.4 is 0 Å². The normalized spacial score (nSPS) is 12.1. The first-order valence-electron chi connectivity index (χ1n) is 3.74. The fourth-order valence-corrected chi connectivity index (χ4v) is 0.770. The van der Waals surface area contributed by atoms with Gasteiger partial charge in [-0.3, -0.25) is 0 Å². The molecule has 0 aromatic carbocycles. The summed E-state index contributed by atoms with van der Waals surface area (Å²) >= 11 is 0. The minimum absolute atomic E-state index is 0.164. The van der Waals surface area contributed by atoms with Gasteiger partial charge in [-0.2, -0.15) is 0 Å². The molecular weight excluding hydrogens is 124 g/mol. The molecule has 0 spiro atoms. The van der Waals surface area contributed by atoms with Crippen LogP contribution in [0.4, 0.5) is 0 Å². The van der Waals surface area contributed by atoms with Crippen LogP contribution in [0.1, 0.15) is 26.2 Å². The van der Waals surface area contributed by atoms with E-state index >= 15 is 0 Å². The Hall–Kier alpha value is -0.720. The average molecular weight is 140 g/mol. The summed E-state index contributed by atoms with van der Waals surface area (Å²) in [6.45, 7) is 9.31. The van der Waals surface area contributed by atoms with Crippen molar-refractivity contribution in [2.75, 3.05) is 0 Å². The van der Waals surface area contributed by atoms with Gasteiger partial charge < -0.3 is 4.74 Å². The molecule has 1 nitrogen and oxygen atoms in total. The Morgan fingerprint density at radius 3 is 2.60 bits per heavy atom. The van der Waals surface area contributed by atoms with Crippen molar-refractivity contribution >= 4 is 0 Å². The third-order valence-corrected chi connectivity index (χ3v) is 1.38. The highest BCUT2D eigenvalue weighted by Gasteiger charge is 1.99. The quantitative estimate of drug-likeness (QED) is 0.407. The summed E-state index contributed by atoms with van der Waals surface area (Å²) < 4.78 is 5.14. The molecule has 0 bridgehead atoms. The molecule has 0 aliphatic carbocycles. The first-order chi connectivity index (χ1) is 4.85. The second-order valence-corrected chi connectivity index (χ2v) is 2.22. The number of ether oxygens (including phenoxy) is 1. The van der Waals surface area contributed by atoms with Crippen LogP contribution in [0.3, 0.4) is 0 Å². The van der Waals surface area contributed by atoms with Crippen molar-refractivity contribution in [1.29, 1.82) is 0 Å². The van der Waals surface area contributed by atoms with Gasteiger partial charge in [0.1, 0.15) is 6.10 Å². The van der Waals surface area contributed by atoms with Crippen molar-refractivity contribution in [3.63, 3.8) is 0 Å². The standard InChI is InChI=1S/C9H16O/c1-4-7-8-9(5-2)10-6-3/h5-6,9H,2-4,7-8H2,1H3. The molecule has 0 saturated carbocycles. The second kappa shape index (κ2) is 6.40. The number of unbranched alkanes of at least 4 members (excludes halogenated alkanes) is 1. The summed E-state index contributed by atoms with van der Waals surface area (Å²) in [6.07, 6.45) is 6.89. The van der Waals surface area contributed by atoms with Crippen LogP contribution in [-0.4, -0.2) is 6.10 Å². The average Bonchev–Trinajstić information content (AvgIpc) is 1.98. The van der Waals surface area contributed by atoms with Crippen molar-refractivity contribution < 1.29 is 4.74 Å². The lowest BCUT2D eigenvalue weighted by molar-refractivity contribution is 0.176. The predicted molar refractivity (Wildman–Crippen MR) is 44.8 cm³/mol. The van der Waals surface area contributed by atoms with Crippen LogP contribution in [0, 0.1) is 0 Å². The lowest BCUT2D eigenvalue weighted by Gasteiger charge is -2.09. The van der Waals surface area contributed by atoms with Crippen molar-refractivity contribution in [2.24, 2.45) is 0 Å². The van der Waals surface area contributed by atoms with Gasteiger partial charge in [0.15, 0.2) is 0 Å². The van der Waals surface area contributed by atoms with Crippen molar-refractivity contribution in [2.45, 2.75) is 32.3 Å². The fraction of sp³-hybridized carbons (Fsp3) is 0.556. The van der Waals surface area contributed by atoms with Crippen LogP contribution in [0.2, 0.25) is 0 Å². The maximum Gasteiger partial charge on any atom is 0.116 e. The Kier molecular flexibility index (Phi) is 5.94. The molecular formula is C9H16O. The van der Waals surface area contributed by atoms with Gasteiger partial charge in [0, 0.05) is 0 Å². The molecule has 0 aliphatic rings. The largest absolute Gasteiger partial charge is 0.495 e. The fourth-order valence-electron chi connectivity index (χ4n) is 0.770. The maximum atomic E-state index is 5.14. The molecule has 1 heteroatoms. The van der Waals surface area contributed by atoms with Crippen LogP contribution in [0.5, 0.6) is 0 Å². The molecule has 0 aromatic rings. The maximum absolute atomic E-state index is 5.14. The summed E-state index contributed by atoms with van der Waals surface area (Å²) in [6, 6.07) is 0. The van der Waals surface area contributed by atoms with Gasteiger partial charge in [0.05, 0.1) is 6.26 Å². The van der Waals surface area contributed by atoms with E-state index in [-0.39, 0.29) is 6.10 Å². The summed E-state index contributed by atoms with van der Waals surface area (Å²) in [5.41, 5.74) is 0. The van der Waals surface area contributed by atoms with E-state index in [0.717, 1.165) is 6.42 Å². The zero-order valence-electron chi connectivity index (χ0n) is 6.68. The van der Waals surface area contributed by atoms with E-state index in [4.69, 9.17) is 4.74 Å². The Labute approximate surface area is 63.4 Å². The Morgan fingerprint density at radius 1 is 1.50 bits per heavy atom. The van der Waals surface area contributed by atoms with Gasteiger partial charge in [-0.1, -0.05) is 32.6 Å². The summed E-state index contributed by atoms with van der Waals surface area (Å²) in [5, 5.41) is 0. The van der Waals surface area contributed by atoms with E-state index in [1.165, 1.54) is 19.1 Å². The molecule has 0 radical (unpaired) electrons. The highest BCUT2D eigenvalue weighted by molar-refractivity contribution is 4.81. The number of hydrogen-bond donors (Lipinski definition) is 0. The van der Waals surface area contributed by atoms with Gasteiger partial charge in [-0.15, -0.1) is 0 Å². The molecule has 0 saturated heterocycles. The van der Waals surface area contributed by atoms with E-state index in [2.05, 4.69) is 20.1 Å². The van der Waals surface area contributed by atoms with Crippen LogP contribution >= 0.6 is 0 Å². The Balaban J connectivity index is 3.38. The van der Waals surface area contributed by atoms with E-state index in [9.17, 15) is 0 Å². The summed E-state index contributed by atoms with van der Waals surface area (Å²) in [5.74, 6) is 0. The molecule has 58 valence electrons. The minimum Gasteiger partial charge on any atom is -0.495 e. The zero-order valence-corrected chi connectivity index (χ0v) is 6.68. The molecule has 10 heavy (non-hydrogen) atoms. The van der Waals surface area contributed by atoms with E-state index in [0.29, 0.717) is 0 Å². The van der Waals surface area contributed by atoms with E-state index in [1.54, 1.807) is 0 Å². The Bertz CT molecular complexity index is 96.9. The molecule has 0 aromatic heterocycles. The van der Waals surface area contributed by atoms with Crippen molar-refractivity contribution in [3.05, 3.63) is 25.5 Å². The summed E-state index contributed by atoms with van der Waals surface area (Å²) in [4.78, 5) is 0. The summed E-state index contributed by atoms with van der Waals surface area (Å²) in [7, 11) is 0. The third-order valence-electron chi connectivity index (χ3n) is 1.38. The predicted octanol–water partition coefficient (Wildman–Crippen LogP) is 2.89. The molecule has 0 aliphatic heterocycles. The lowest BCUT2D eigenvalue weighted by atomic mass is 10.1. The molecule has 0 rings (SSSR count). The van der Waals surface area contributed by atoms with Crippen LogP contribution in [0.25, 0.3) is 0 Å². The molecule has 0 fully saturated rings. The van der Waals surface area contributed by atoms with Gasteiger partial charge in [-0.25, -0.2) is 0 Å². The SMILES string of the molecule is C=COC(C=C)CCCC. The van der Waals surface area contributed by atoms with E-state index < -0.39 is 0 Å². The van der Waals surface area contributed by atoms with Crippen molar-refractivity contribution in [1.82, 2.24) is 0 Å².